The average Bonchev–Trinajstić information content (AvgIpc) is 3.38. The second kappa shape index (κ2) is 10.3. The number of carbonyl (C=O) groups is 1. The Bertz CT molecular complexity index is 1250. The van der Waals surface area contributed by atoms with E-state index in [0.717, 1.165) is 11.4 Å². The fraction of sp³-hybridized carbons (Fsp3) is 0.120. The largest absolute Gasteiger partial charge is 0.494 e. The van der Waals surface area contributed by atoms with E-state index in [2.05, 4.69) is 11.6 Å². The molecule has 0 unspecified atom stereocenters. The summed E-state index contributed by atoms with van der Waals surface area (Å²) in [7, 11) is 0. The van der Waals surface area contributed by atoms with E-state index in [1.807, 2.05) is 37.3 Å². The molecule has 0 N–H and O–H groups in total. The van der Waals surface area contributed by atoms with Crippen molar-refractivity contribution < 1.29 is 13.9 Å². The van der Waals surface area contributed by atoms with Gasteiger partial charge in [0, 0.05) is 18.2 Å². The number of aliphatic imine (C=N–C) groups is 1. The first-order valence-electron chi connectivity index (χ1n) is 10.2. The Morgan fingerprint density at radius 3 is 2.67 bits per heavy atom. The van der Waals surface area contributed by atoms with Crippen molar-refractivity contribution in [2.45, 2.75) is 6.92 Å². The van der Waals surface area contributed by atoms with Crippen LogP contribution in [0.3, 0.4) is 0 Å². The monoisotopic (exact) mass is 498 g/mol. The van der Waals surface area contributed by atoms with Crippen LogP contribution in [0, 0.1) is 0 Å². The van der Waals surface area contributed by atoms with Gasteiger partial charge in [-0.05, 0) is 67.2 Å². The van der Waals surface area contributed by atoms with Crippen LogP contribution in [0.25, 0.3) is 17.4 Å². The molecule has 1 fully saturated rings. The Hall–Kier alpha value is -2.93. The number of nitrogens with zero attached hydrogens (tertiary/aromatic N) is 2. The van der Waals surface area contributed by atoms with E-state index >= 15 is 0 Å². The van der Waals surface area contributed by atoms with E-state index < -0.39 is 0 Å². The van der Waals surface area contributed by atoms with Crippen molar-refractivity contribution >= 4 is 57.8 Å². The summed E-state index contributed by atoms with van der Waals surface area (Å²) in [5.74, 6) is 1.70. The first-order chi connectivity index (χ1) is 16.0. The van der Waals surface area contributed by atoms with E-state index in [0.29, 0.717) is 50.4 Å². The molecule has 2 aromatic carbocycles. The predicted molar refractivity (Wildman–Crippen MR) is 136 cm³/mol. The molecule has 0 aliphatic carbocycles. The summed E-state index contributed by atoms with van der Waals surface area (Å²) < 4.78 is 11.4. The number of halogens is 2. The van der Waals surface area contributed by atoms with Gasteiger partial charge in [0.25, 0.3) is 5.91 Å². The molecule has 1 amide bonds. The van der Waals surface area contributed by atoms with Gasteiger partial charge in [0.05, 0.1) is 27.2 Å². The van der Waals surface area contributed by atoms with Crippen molar-refractivity contribution in [3.8, 4) is 17.1 Å². The number of rotatable bonds is 7. The molecule has 1 aromatic heterocycles. The summed E-state index contributed by atoms with van der Waals surface area (Å²) in [6, 6.07) is 16.3. The van der Waals surface area contributed by atoms with Crippen LogP contribution < -0.4 is 4.74 Å². The van der Waals surface area contributed by atoms with Gasteiger partial charge in [0.2, 0.25) is 0 Å². The van der Waals surface area contributed by atoms with E-state index in [1.54, 1.807) is 41.3 Å². The molecule has 1 aliphatic rings. The quantitative estimate of drug-likeness (QED) is 0.250. The zero-order valence-electron chi connectivity index (χ0n) is 17.8. The molecule has 3 aromatic rings. The summed E-state index contributed by atoms with van der Waals surface area (Å²) in [5.41, 5.74) is 1.41. The Morgan fingerprint density at radius 2 is 1.94 bits per heavy atom. The number of hydrogen-bond acceptors (Lipinski definition) is 5. The number of hydrogen-bond donors (Lipinski definition) is 0. The number of amides is 1. The van der Waals surface area contributed by atoms with Gasteiger partial charge in [-0.25, -0.2) is 4.99 Å². The molecule has 33 heavy (non-hydrogen) atoms. The van der Waals surface area contributed by atoms with Gasteiger partial charge in [0.15, 0.2) is 5.17 Å². The summed E-state index contributed by atoms with van der Waals surface area (Å²) in [5, 5.41) is 1.43. The number of benzene rings is 2. The highest BCUT2D eigenvalue weighted by atomic mass is 35.5. The number of amidine groups is 1. The van der Waals surface area contributed by atoms with Gasteiger partial charge in [-0.15, -0.1) is 6.58 Å². The van der Waals surface area contributed by atoms with Crippen LogP contribution in [-0.2, 0) is 4.79 Å². The minimum atomic E-state index is -0.164. The molecule has 1 saturated heterocycles. The molecule has 8 heteroatoms. The van der Waals surface area contributed by atoms with E-state index in [-0.39, 0.29) is 5.91 Å². The van der Waals surface area contributed by atoms with Crippen molar-refractivity contribution in [3.63, 3.8) is 0 Å². The summed E-state index contributed by atoms with van der Waals surface area (Å²) in [4.78, 5) is 19.8. The minimum absolute atomic E-state index is 0.164. The Morgan fingerprint density at radius 1 is 1.15 bits per heavy atom. The van der Waals surface area contributed by atoms with Crippen molar-refractivity contribution in [2.24, 2.45) is 4.99 Å². The first-order valence-corrected chi connectivity index (χ1v) is 11.8. The summed E-state index contributed by atoms with van der Waals surface area (Å²) >= 11 is 13.7. The number of furan rings is 1. The molecule has 0 saturated carbocycles. The zero-order valence-corrected chi connectivity index (χ0v) is 20.1. The van der Waals surface area contributed by atoms with E-state index in [4.69, 9.17) is 32.4 Å². The molecule has 0 atom stereocenters. The Balaban J connectivity index is 1.61. The van der Waals surface area contributed by atoms with Crippen molar-refractivity contribution in [3.05, 3.63) is 88.0 Å². The third-order valence-electron chi connectivity index (χ3n) is 4.69. The van der Waals surface area contributed by atoms with Gasteiger partial charge >= 0.3 is 0 Å². The fourth-order valence-electron chi connectivity index (χ4n) is 3.17. The highest BCUT2D eigenvalue weighted by Gasteiger charge is 2.33. The van der Waals surface area contributed by atoms with Crippen LogP contribution in [-0.4, -0.2) is 29.1 Å². The normalized spacial score (nSPS) is 16.1. The lowest BCUT2D eigenvalue weighted by Gasteiger charge is -2.12. The molecule has 4 rings (SSSR count). The highest BCUT2D eigenvalue weighted by molar-refractivity contribution is 8.18. The fourth-order valence-corrected chi connectivity index (χ4v) is 4.56. The number of carbonyl (C=O) groups excluding carboxylic acids is 1. The molecule has 5 nitrogen and oxygen atoms in total. The average molecular weight is 499 g/mol. The van der Waals surface area contributed by atoms with Crippen LogP contribution in [0.5, 0.6) is 5.75 Å². The molecule has 168 valence electrons. The maximum atomic E-state index is 13.0. The summed E-state index contributed by atoms with van der Waals surface area (Å²) in [6.45, 7) is 6.63. The third kappa shape index (κ3) is 5.19. The number of ether oxygens (including phenoxy) is 1. The van der Waals surface area contributed by atoms with E-state index in [9.17, 15) is 4.79 Å². The zero-order chi connectivity index (χ0) is 23.4. The van der Waals surface area contributed by atoms with Gasteiger partial charge < -0.3 is 9.15 Å². The van der Waals surface area contributed by atoms with E-state index in [1.165, 1.54) is 11.8 Å². The Labute approximate surface area is 206 Å². The Kier molecular flexibility index (Phi) is 7.28. The van der Waals surface area contributed by atoms with Crippen LogP contribution >= 0.6 is 35.0 Å². The number of thioether (sulfide) groups is 1. The molecule has 1 aliphatic heterocycles. The second-order valence-corrected chi connectivity index (χ2v) is 8.73. The van der Waals surface area contributed by atoms with Crippen LogP contribution in [0.2, 0.25) is 10.0 Å². The molecule has 0 radical (unpaired) electrons. The lowest BCUT2D eigenvalue weighted by Crippen LogP contribution is -2.29. The van der Waals surface area contributed by atoms with Crippen molar-refractivity contribution in [2.75, 3.05) is 13.2 Å². The molecule has 0 spiro atoms. The molecule has 2 heterocycles. The highest BCUT2D eigenvalue weighted by Crippen LogP contribution is 2.37. The topological polar surface area (TPSA) is 55.0 Å². The SMILES string of the molecule is C=CCN1C(=O)C(=Cc2ccc(-c3cccc(Cl)c3Cl)o2)SC1=Nc1ccc(OCC)cc1. The molecular weight excluding hydrogens is 479 g/mol. The standard InChI is InChI=1S/C25H20Cl2N2O3S/c1-3-14-29-24(30)22(33-25(29)28-16-8-10-17(11-9-16)31-4-2)15-18-12-13-21(32-18)19-6-5-7-20(26)23(19)27/h3,5-13,15H,1,4,14H2,2H3. The van der Waals surface area contributed by atoms with Crippen molar-refractivity contribution in [1.29, 1.82) is 0 Å². The lowest BCUT2D eigenvalue weighted by atomic mass is 10.2. The first kappa shape index (κ1) is 23.2. The van der Waals surface area contributed by atoms with Crippen LogP contribution in [0.1, 0.15) is 12.7 Å². The van der Waals surface area contributed by atoms with Gasteiger partial charge in [-0.2, -0.15) is 0 Å². The maximum Gasteiger partial charge on any atom is 0.267 e. The third-order valence-corrected chi connectivity index (χ3v) is 6.51. The van der Waals surface area contributed by atoms with Gasteiger partial charge in [-0.3, -0.25) is 9.69 Å². The second-order valence-electron chi connectivity index (χ2n) is 6.94. The minimum Gasteiger partial charge on any atom is -0.494 e. The smallest absolute Gasteiger partial charge is 0.267 e. The molecule has 0 bridgehead atoms. The van der Waals surface area contributed by atoms with Crippen LogP contribution in [0.4, 0.5) is 5.69 Å². The lowest BCUT2D eigenvalue weighted by molar-refractivity contribution is -0.121. The van der Waals surface area contributed by atoms with Crippen LogP contribution in [0.15, 0.2) is 81.6 Å². The van der Waals surface area contributed by atoms with Gasteiger partial charge in [0.1, 0.15) is 17.3 Å². The van der Waals surface area contributed by atoms with Gasteiger partial charge in [-0.1, -0.05) is 35.3 Å². The predicted octanol–water partition coefficient (Wildman–Crippen LogP) is 7.44. The molecular formula is C25H20Cl2N2O3S. The maximum absolute atomic E-state index is 13.0. The van der Waals surface area contributed by atoms with Crippen molar-refractivity contribution in [1.82, 2.24) is 4.90 Å². The summed E-state index contributed by atoms with van der Waals surface area (Å²) in [6.07, 6.45) is 3.37.